The van der Waals surface area contributed by atoms with Gasteiger partial charge in [-0.25, -0.2) is 0 Å². The van der Waals surface area contributed by atoms with Gasteiger partial charge in [0.1, 0.15) is 0 Å². The quantitative estimate of drug-likeness (QED) is 0.706. The molecule has 0 aromatic carbocycles. The number of hydrogen-bond donors (Lipinski definition) is 0. The highest BCUT2D eigenvalue weighted by Gasteiger charge is 2.42. The van der Waals surface area contributed by atoms with Crippen LogP contribution in [0.25, 0.3) is 0 Å². The third kappa shape index (κ3) is 3.98. The summed E-state index contributed by atoms with van der Waals surface area (Å²) in [5, 5.41) is 0. The Bertz CT molecular complexity index is 361. The van der Waals surface area contributed by atoms with Gasteiger partial charge in [-0.1, -0.05) is 19.3 Å². The standard InChI is InChI=1S/C17H29NO3/c1-2-20-16(19)13-18(14-6-7-14)12-15-8-11-17(21-15)9-4-3-5-10-17/h14-15H,2-13H2,1H3. The summed E-state index contributed by atoms with van der Waals surface area (Å²) in [5.41, 5.74) is 0.183. The van der Waals surface area contributed by atoms with Crippen molar-refractivity contribution in [2.24, 2.45) is 0 Å². The van der Waals surface area contributed by atoms with Gasteiger partial charge in [0.15, 0.2) is 0 Å². The van der Waals surface area contributed by atoms with Crippen molar-refractivity contribution in [1.82, 2.24) is 4.90 Å². The minimum Gasteiger partial charge on any atom is -0.465 e. The molecule has 0 radical (unpaired) electrons. The highest BCUT2D eigenvalue weighted by Crippen LogP contribution is 2.42. The molecule has 2 aliphatic carbocycles. The summed E-state index contributed by atoms with van der Waals surface area (Å²) in [4.78, 5) is 14.0. The maximum atomic E-state index is 11.7. The summed E-state index contributed by atoms with van der Waals surface area (Å²) in [5.74, 6) is -0.0882. The molecule has 3 aliphatic rings. The first-order valence-electron chi connectivity index (χ1n) is 8.78. The van der Waals surface area contributed by atoms with Crippen LogP contribution >= 0.6 is 0 Å². The Balaban J connectivity index is 1.51. The van der Waals surface area contributed by atoms with Gasteiger partial charge in [-0.05, 0) is 45.4 Å². The molecule has 1 spiro atoms. The number of esters is 1. The molecule has 3 rings (SSSR count). The van der Waals surface area contributed by atoms with Gasteiger partial charge in [0, 0.05) is 12.6 Å². The Kier molecular flexibility index (Phi) is 4.85. The molecule has 0 aromatic heterocycles. The van der Waals surface area contributed by atoms with E-state index in [1.807, 2.05) is 6.92 Å². The van der Waals surface area contributed by atoms with Crippen LogP contribution in [-0.2, 0) is 14.3 Å². The Morgan fingerprint density at radius 2 is 1.95 bits per heavy atom. The average molecular weight is 295 g/mol. The van der Waals surface area contributed by atoms with E-state index >= 15 is 0 Å². The van der Waals surface area contributed by atoms with Crippen LogP contribution < -0.4 is 0 Å². The van der Waals surface area contributed by atoms with Gasteiger partial charge in [0.05, 0.1) is 24.9 Å². The van der Waals surface area contributed by atoms with Crippen LogP contribution in [0.3, 0.4) is 0 Å². The molecule has 4 heteroatoms. The van der Waals surface area contributed by atoms with Crippen molar-refractivity contribution in [2.75, 3.05) is 19.7 Å². The maximum absolute atomic E-state index is 11.7. The lowest BCUT2D eigenvalue weighted by molar-refractivity contribution is -0.145. The van der Waals surface area contributed by atoms with Gasteiger partial charge >= 0.3 is 5.97 Å². The minimum absolute atomic E-state index is 0.0882. The van der Waals surface area contributed by atoms with Crippen LogP contribution in [0.2, 0.25) is 0 Å². The lowest BCUT2D eigenvalue weighted by atomic mass is 9.83. The highest BCUT2D eigenvalue weighted by molar-refractivity contribution is 5.71. The van der Waals surface area contributed by atoms with E-state index in [4.69, 9.17) is 9.47 Å². The Morgan fingerprint density at radius 3 is 2.62 bits per heavy atom. The van der Waals surface area contributed by atoms with E-state index < -0.39 is 0 Å². The number of carbonyl (C=O) groups is 1. The fourth-order valence-electron chi connectivity index (χ4n) is 4.00. The molecule has 1 aliphatic heterocycles. The molecule has 1 saturated heterocycles. The van der Waals surface area contributed by atoms with Gasteiger partial charge in [0.2, 0.25) is 0 Å². The van der Waals surface area contributed by atoms with Crippen molar-refractivity contribution in [2.45, 2.75) is 82.5 Å². The normalized spacial score (nSPS) is 28.2. The number of carbonyl (C=O) groups excluding carboxylic acids is 1. The Labute approximate surface area is 128 Å². The van der Waals surface area contributed by atoms with Crippen molar-refractivity contribution >= 4 is 5.97 Å². The molecule has 1 unspecified atom stereocenters. The zero-order valence-corrected chi connectivity index (χ0v) is 13.3. The first kappa shape index (κ1) is 15.3. The molecular formula is C17H29NO3. The number of rotatable bonds is 6. The fourth-order valence-corrected chi connectivity index (χ4v) is 4.00. The largest absolute Gasteiger partial charge is 0.465 e. The van der Waals surface area contributed by atoms with Crippen LogP contribution in [0.1, 0.15) is 64.7 Å². The zero-order chi connectivity index (χ0) is 14.7. The second-order valence-electron chi connectivity index (χ2n) is 6.99. The summed E-state index contributed by atoms with van der Waals surface area (Å²) >= 11 is 0. The summed E-state index contributed by atoms with van der Waals surface area (Å²) in [6, 6.07) is 0.584. The number of ether oxygens (including phenoxy) is 2. The number of hydrogen-bond acceptors (Lipinski definition) is 4. The van der Waals surface area contributed by atoms with E-state index in [-0.39, 0.29) is 11.6 Å². The van der Waals surface area contributed by atoms with Crippen LogP contribution in [0.5, 0.6) is 0 Å². The van der Waals surface area contributed by atoms with Crippen molar-refractivity contribution in [3.05, 3.63) is 0 Å². The van der Waals surface area contributed by atoms with Gasteiger partial charge < -0.3 is 9.47 Å². The molecular weight excluding hydrogens is 266 g/mol. The van der Waals surface area contributed by atoms with Crippen molar-refractivity contribution in [3.63, 3.8) is 0 Å². The second-order valence-corrected chi connectivity index (χ2v) is 6.99. The zero-order valence-electron chi connectivity index (χ0n) is 13.3. The van der Waals surface area contributed by atoms with Crippen molar-refractivity contribution in [3.8, 4) is 0 Å². The van der Waals surface area contributed by atoms with E-state index in [1.165, 1.54) is 51.4 Å². The minimum atomic E-state index is -0.0882. The summed E-state index contributed by atoms with van der Waals surface area (Å²) in [6.45, 7) is 3.68. The third-order valence-corrected chi connectivity index (χ3v) is 5.24. The molecule has 120 valence electrons. The maximum Gasteiger partial charge on any atom is 0.320 e. The SMILES string of the molecule is CCOC(=O)CN(CC1CCC2(CCCCC2)O1)C1CC1. The Hall–Kier alpha value is -0.610. The smallest absolute Gasteiger partial charge is 0.320 e. The molecule has 3 fully saturated rings. The van der Waals surface area contributed by atoms with Crippen LogP contribution in [0.15, 0.2) is 0 Å². The predicted molar refractivity (Wildman–Crippen MR) is 81.2 cm³/mol. The van der Waals surface area contributed by atoms with E-state index in [2.05, 4.69) is 4.90 Å². The third-order valence-electron chi connectivity index (χ3n) is 5.24. The first-order chi connectivity index (χ1) is 10.2. The first-order valence-corrected chi connectivity index (χ1v) is 8.78. The summed E-state index contributed by atoms with van der Waals surface area (Å²) < 4.78 is 11.5. The summed E-state index contributed by atoms with van der Waals surface area (Å²) in [6.07, 6.45) is 11.6. The number of nitrogens with zero attached hydrogens (tertiary/aromatic N) is 1. The van der Waals surface area contributed by atoms with E-state index in [9.17, 15) is 4.79 Å². The monoisotopic (exact) mass is 295 g/mol. The second kappa shape index (κ2) is 6.66. The van der Waals surface area contributed by atoms with Crippen molar-refractivity contribution < 1.29 is 14.3 Å². The molecule has 21 heavy (non-hydrogen) atoms. The van der Waals surface area contributed by atoms with Gasteiger partial charge in [-0.2, -0.15) is 0 Å². The molecule has 1 atom stereocenters. The predicted octanol–water partition coefficient (Wildman–Crippen LogP) is 2.90. The molecule has 2 saturated carbocycles. The average Bonchev–Trinajstić information content (AvgIpc) is 3.25. The van der Waals surface area contributed by atoms with Gasteiger partial charge in [-0.15, -0.1) is 0 Å². The lowest BCUT2D eigenvalue weighted by Crippen LogP contribution is -2.40. The summed E-state index contributed by atoms with van der Waals surface area (Å²) in [7, 11) is 0. The molecule has 1 heterocycles. The molecule has 0 amide bonds. The van der Waals surface area contributed by atoms with Crippen LogP contribution in [0.4, 0.5) is 0 Å². The van der Waals surface area contributed by atoms with Gasteiger partial charge in [-0.3, -0.25) is 9.69 Å². The molecule has 0 aromatic rings. The molecule has 0 bridgehead atoms. The van der Waals surface area contributed by atoms with Crippen LogP contribution in [-0.4, -0.2) is 48.3 Å². The van der Waals surface area contributed by atoms with Crippen molar-refractivity contribution in [1.29, 1.82) is 0 Å². The van der Waals surface area contributed by atoms with E-state index in [1.54, 1.807) is 0 Å². The van der Waals surface area contributed by atoms with E-state index in [0.29, 0.717) is 25.3 Å². The topological polar surface area (TPSA) is 38.8 Å². The Morgan fingerprint density at radius 1 is 1.19 bits per heavy atom. The lowest BCUT2D eigenvalue weighted by Gasteiger charge is -2.34. The molecule has 0 N–H and O–H groups in total. The fraction of sp³-hybridized carbons (Fsp3) is 0.941. The molecule has 4 nitrogen and oxygen atoms in total. The van der Waals surface area contributed by atoms with Crippen LogP contribution in [0, 0.1) is 0 Å². The van der Waals surface area contributed by atoms with Gasteiger partial charge in [0.25, 0.3) is 0 Å². The van der Waals surface area contributed by atoms with E-state index in [0.717, 1.165) is 13.0 Å². The highest BCUT2D eigenvalue weighted by atomic mass is 16.5.